The second-order valence-electron chi connectivity index (χ2n) is 7.24. The lowest BCUT2D eigenvalue weighted by Gasteiger charge is -2.22. The Morgan fingerprint density at radius 2 is 1.75 bits per heavy atom. The molecule has 8 heteroatoms. The topological polar surface area (TPSA) is 117 Å². The summed E-state index contributed by atoms with van der Waals surface area (Å²) >= 11 is 0. The number of carbonyl (C=O) groups excluding carboxylic acids is 3. The van der Waals surface area contributed by atoms with Crippen molar-refractivity contribution in [3.8, 4) is 0 Å². The van der Waals surface area contributed by atoms with Crippen LogP contribution in [0.15, 0.2) is 30.3 Å². The van der Waals surface area contributed by atoms with E-state index in [1.165, 1.54) is 0 Å². The fourth-order valence-electron chi connectivity index (χ4n) is 2.20. The smallest absolute Gasteiger partial charge is 0.408 e. The van der Waals surface area contributed by atoms with Gasteiger partial charge in [-0.05, 0) is 52.1 Å². The number of ether oxygens (including phenoxy) is 3. The molecular formula is C20H30N2O6. The molecule has 1 amide bonds. The summed E-state index contributed by atoms with van der Waals surface area (Å²) in [6.07, 6.45) is 0.909. The van der Waals surface area contributed by atoms with E-state index >= 15 is 0 Å². The standard InChI is InChI=1S/C20H30N2O6/c1-20(2,3)28-19(25)22-16(11-7-8-12-21)18(24)27-14-17(23)26-13-15-9-5-4-6-10-15/h4-6,9-10,16H,7-8,11-14,21H2,1-3H3,(H,22,25)/t16-/m0/s1. The van der Waals surface area contributed by atoms with Crippen molar-refractivity contribution in [1.82, 2.24) is 5.32 Å². The Kier molecular flexibility index (Phi) is 10.0. The van der Waals surface area contributed by atoms with E-state index in [2.05, 4.69) is 5.32 Å². The number of rotatable bonds is 10. The van der Waals surface area contributed by atoms with Crippen molar-refractivity contribution in [2.75, 3.05) is 13.2 Å². The second-order valence-corrected chi connectivity index (χ2v) is 7.24. The number of amides is 1. The van der Waals surface area contributed by atoms with Gasteiger partial charge in [-0.15, -0.1) is 0 Å². The minimum atomic E-state index is -0.927. The average Bonchev–Trinajstić information content (AvgIpc) is 2.63. The average molecular weight is 394 g/mol. The normalized spacial score (nSPS) is 12.0. The second kappa shape index (κ2) is 12.0. The van der Waals surface area contributed by atoms with Gasteiger partial charge in [-0.2, -0.15) is 0 Å². The Labute approximate surface area is 165 Å². The van der Waals surface area contributed by atoms with Gasteiger partial charge in [-0.3, -0.25) is 0 Å². The minimum Gasteiger partial charge on any atom is -0.458 e. The molecule has 0 unspecified atom stereocenters. The first-order valence-electron chi connectivity index (χ1n) is 9.27. The lowest BCUT2D eigenvalue weighted by molar-refractivity contribution is -0.160. The van der Waals surface area contributed by atoms with E-state index in [9.17, 15) is 14.4 Å². The quantitative estimate of drug-likeness (QED) is 0.355. The zero-order chi connectivity index (χ0) is 21.0. The molecule has 28 heavy (non-hydrogen) atoms. The number of nitrogens with one attached hydrogen (secondary N) is 1. The van der Waals surface area contributed by atoms with E-state index in [0.29, 0.717) is 25.8 Å². The highest BCUT2D eigenvalue weighted by molar-refractivity contribution is 5.83. The maximum absolute atomic E-state index is 12.3. The van der Waals surface area contributed by atoms with Crippen LogP contribution in [0.3, 0.4) is 0 Å². The number of alkyl carbamates (subject to hydrolysis) is 1. The minimum absolute atomic E-state index is 0.0906. The molecule has 1 atom stereocenters. The first-order valence-corrected chi connectivity index (χ1v) is 9.27. The van der Waals surface area contributed by atoms with Crippen LogP contribution in [0, 0.1) is 0 Å². The van der Waals surface area contributed by atoms with Crippen LogP contribution in [-0.2, 0) is 30.4 Å². The van der Waals surface area contributed by atoms with Crippen LogP contribution in [0.25, 0.3) is 0 Å². The number of hydrogen-bond acceptors (Lipinski definition) is 7. The summed E-state index contributed by atoms with van der Waals surface area (Å²) in [6.45, 7) is 5.19. The van der Waals surface area contributed by atoms with Crippen LogP contribution >= 0.6 is 0 Å². The first-order chi connectivity index (χ1) is 13.2. The van der Waals surface area contributed by atoms with Gasteiger partial charge in [0.05, 0.1) is 0 Å². The molecule has 1 aromatic carbocycles. The molecule has 0 saturated heterocycles. The van der Waals surface area contributed by atoms with Crippen LogP contribution < -0.4 is 11.1 Å². The Balaban J connectivity index is 2.49. The van der Waals surface area contributed by atoms with Crippen LogP contribution in [0.1, 0.15) is 45.6 Å². The number of hydrogen-bond donors (Lipinski definition) is 2. The number of nitrogens with two attached hydrogens (primary N) is 1. The Hall–Kier alpha value is -2.61. The van der Waals surface area contributed by atoms with Gasteiger partial charge < -0.3 is 25.3 Å². The molecule has 0 heterocycles. The van der Waals surface area contributed by atoms with Gasteiger partial charge in [0.15, 0.2) is 6.61 Å². The van der Waals surface area contributed by atoms with Crippen molar-refractivity contribution >= 4 is 18.0 Å². The van der Waals surface area contributed by atoms with Gasteiger partial charge in [0.1, 0.15) is 18.2 Å². The summed E-state index contributed by atoms with van der Waals surface area (Å²) in [6, 6.07) is 8.22. The first kappa shape index (κ1) is 23.4. The molecular weight excluding hydrogens is 364 g/mol. The van der Waals surface area contributed by atoms with E-state index < -0.39 is 36.3 Å². The summed E-state index contributed by atoms with van der Waals surface area (Å²) in [5, 5.41) is 2.49. The predicted molar refractivity (Wildman–Crippen MR) is 103 cm³/mol. The van der Waals surface area contributed by atoms with E-state index in [1.54, 1.807) is 20.8 Å². The van der Waals surface area contributed by atoms with E-state index in [4.69, 9.17) is 19.9 Å². The molecule has 1 aromatic rings. The van der Waals surface area contributed by atoms with Crippen molar-refractivity contribution in [1.29, 1.82) is 0 Å². The molecule has 0 aromatic heterocycles. The Morgan fingerprint density at radius 1 is 1.07 bits per heavy atom. The van der Waals surface area contributed by atoms with Crippen LogP contribution in [0.5, 0.6) is 0 Å². The summed E-state index contributed by atoms with van der Waals surface area (Å²) in [5.74, 6) is -1.39. The predicted octanol–water partition coefficient (Wildman–Crippen LogP) is 2.30. The van der Waals surface area contributed by atoms with Gasteiger partial charge in [0, 0.05) is 0 Å². The van der Waals surface area contributed by atoms with Crippen LogP contribution in [-0.4, -0.2) is 42.8 Å². The molecule has 0 radical (unpaired) electrons. The summed E-state index contributed by atoms with van der Waals surface area (Å²) in [7, 11) is 0. The van der Waals surface area contributed by atoms with Crippen molar-refractivity contribution < 1.29 is 28.6 Å². The third-order valence-corrected chi connectivity index (χ3v) is 3.50. The lowest BCUT2D eigenvalue weighted by Crippen LogP contribution is -2.44. The van der Waals surface area contributed by atoms with Crippen LogP contribution in [0.4, 0.5) is 4.79 Å². The van der Waals surface area contributed by atoms with Crippen molar-refractivity contribution in [2.45, 2.75) is 58.3 Å². The molecule has 1 rings (SSSR count). The highest BCUT2D eigenvalue weighted by Gasteiger charge is 2.25. The van der Waals surface area contributed by atoms with E-state index in [0.717, 1.165) is 5.56 Å². The molecule has 156 valence electrons. The molecule has 0 saturated carbocycles. The summed E-state index contributed by atoms with van der Waals surface area (Å²) in [5.41, 5.74) is 5.60. The van der Waals surface area contributed by atoms with Gasteiger partial charge in [-0.25, -0.2) is 14.4 Å². The Morgan fingerprint density at radius 3 is 2.36 bits per heavy atom. The fourth-order valence-corrected chi connectivity index (χ4v) is 2.20. The van der Waals surface area contributed by atoms with Gasteiger partial charge in [0.2, 0.25) is 0 Å². The van der Waals surface area contributed by atoms with Crippen molar-refractivity contribution in [3.05, 3.63) is 35.9 Å². The number of benzene rings is 1. The molecule has 0 aliphatic rings. The van der Waals surface area contributed by atoms with E-state index in [-0.39, 0.29) is 6.61 Å². The summed E-state index contributed by atoms with van der Waals surface area (Å²) < 4.78 is 15.2. The molecule has 0 spiro atoms. The third-order valence-electron chi connectivity index (χ3n) is 3.50. The molecule has 8 nitrogen and oxygen atoms in total. The number of esters is 2. The summed E-state index contributed by atoms with van der Waals surface area (Å²) in [4.78, 5) is 36.0. The number of unbranched alkanes of at least 4 members (excludes halogenated alkanes) is 1. The Bertz CT molecular complexity index is 627. The zero-order valence-corrected chi connectivity index (χ0v) is 16.7. The van der Waals surface area contributed by atoms with Gasteiger partial charge in [0.25, 0.3) is 0 Å². The molecule has 3 N–H and O–H groups in total. The van der Waals surface area contributed by atoms with E-state index in [1.807, 2.05) is 30.3 Å². The monoisotopic (exact) mass is 394 g/mol. The molecule has 0 bridgehead atoms. The molecule has 0 aliphatic carbocycles. The molecule has 0 aliphatic heterocycles. The van der Waals surface area contributed by atoms with Gasteiger partial charge >= 0.3 is 18.0 Å². The van der Waals surface area contributed by atoms with Crippen molar-refractivity contribution in [3.63, 3.8) is 0 Å². The zero-order valence-electron chi connectivity index (χ0n) is 16.7. The maximum Gasteiger partial charge on any atom is 0.408 e. The fraction of sp³-hybridized carbons (Fsp3) is 0.550. The largest absolute Gasteiger partial charge is 0.458 e. The number of carbonyl (C=O) groups is 3. The van der Waals surface area contributed by atoms with Crippen LogP contribution in [0.2, 0.25) is 0 Å². The highest BCUT2D eigenvalue weighted by Crippen LogP contribution is 2.09. The lowest BCUT2D eigenvalue weighted by atomic mass is 10.1. The van der Waals surface area contributed by atoms with Gasteiger partial charge in [-0.1, -0.05) is 30.3 Å². The van der Waals surface area contributed by atoms with Crippen molar-refractivity contribution in [2.24, 2.45) is 5.73 Å². The highest BCUT2D eigenvalue weighted by atomic mass is 16.6. The SMILES string of the molecule is CC(C)(C)OC(=O)N[C@@H](CCCCN)C(=O)OCC(=O)OCc1ccccc1. The molecule has 0 fully saturated rings. The maximum atomic E-state index is 12.3. The third kappa shape index (κ3) is 10.5.